The summed E-state index contributed by atoms with van der Waals surface area (Å²) >= 11 is 0. The second kappa shape index (κ2) is 9.12. The molecule has 0 saturated carbocycles. The second-order valence-corrected chi connectivity index (χ2v) is 6.97. The number of carbonyl (C=O) groups is 2. The summed E-state index contributed by atoms with van der Waals surface area (Å²) in [5.41, 5.74) is -0.0859. The molecule has 7 nitrogen and oxygen atoms in total. The van der Waals surface area contributed by atoms with Crippen LogP contribution < -0.4 is 4.89 Å². The van der Waals surface area contributed by atoms with Crippen molar-refractivity contribution in [2.75, 3.05) is 6.61 Å². The van der Waals surface area contributed by atoms with E-state index in [9.17, 15) is 18.0 Å². The lowest BCUT2D eigenvalue weighted by Gasteiger charge is -2.10. The molecule has 0 heterocycles. The van der Waals surface area contributed by atoms with Crippen molar-refractivity contribution in [2.45, 2.75) is 24.7 Å². The van der Waals surface area contributed by atoms with E-state index >= 15 is 0 Å². The summed E-state index contributed by atoms with van der Waals surface area (Å²) in [7, 11) is -4.02. The van der Waals surface area contributed by atoms with Crippen LogP contribution in [-0.4, -0.2) is 27.0 Å². The summed E-state index contributed by atoms with van der Waals surface area (Å²) in [5, 5.41) is 0. The van der Waals surface area contributed by atoms with Crippen LogP contribution in [0.5, 0.6) is 0 Å². The van der Waals surface area contributed by atoms with Crippen molar-refractivity contribution in [1.29, 1.82) is 0 Å². The van der Waals surface area contributed by atoms with Gasteiger partial charge in [0, 0.05) is 0 Å². The van der Waals surface area contributed by atoms with E-state index < -0.39 is 22.0 Å². The number of esters is 1. The average Bonchev–Trinajstić information content (AvgIpc) is 2.67. The predicted molar refractivity (Wildman–Crippen MR) is 93.8 cm³/mol. The Bertz CT molecular complexity index is 864. The van der Waals surface area contributed by atoms with Crippen molar-refractivity contribution < 1.29 is 27.6 Å². The smallest absolute Gasteiger partial charge is 0.358 e. The molecule has 0 aromatic heterocycles. The number of hydrogen-bond donors (Lipinski definition) is 1. The molecule has 0 atom stereocenters. The third kappa shape index (κ3) is 5.14. The van der Waals surface area contributed by atoms with Gasteiger partial charge in [-0.3, -0.25) is 0 Å². The van der Waals surface area contributed by atoms with Crippen LogP contribution in [0.15, 0.2) is 59.5 Å². The monoisotopic (exact) mass is 377 g/mol. The number of benzene rings is 2. The summed E-state index contributed by atoms with van der Waals surface area (Å²) < 4.78 is 29.3. The Hall–Kier alpha value is -2.71. The fraction of sp³-hybridized carbons (Fsp3) is 0.222. The zero-order valence-corrected chi connectivity index (χ0v) is 15.0. The highest BCUT2D eigenvalue weighted by Gasteiger charge is 2.22. The fourth-order valence-electron chi connectivity index (χ4n) is 2.02. The number of ether oxygens (including phenoxy) is 1. The van der Waals surface area contributed by atoms with Crippen LogP contribution in [0.25, 0.3) is 0 Å². The highest BCUT2D eigenvalue weighted by Crippen LogP contribution is 2.13. The number of hydrogen-bond acceptors (Lipinski definition) is 6. The number of unbranched alkanes of at least 4 members (excludes halogenated alkanes) is 1. The van der Waals surface area contributed by atoms with Gasteiger partial charge in [-0.25, -0.2) is 18.0 Å². The first-order valence-corrected chi connectivity index (χ1v) is 9.48. The van der Waals surface area contributed by atoms with Gasteiger partial charge in [0.2, 0.25) is 0 Å². The molecule has 0 spiro atoms. The first-order chi connectivity index (χ1) is 12.5. The second-order valence-electron chi connectivity index (χ2n) is 5.32. The van der Waals surface area contributed by atoms with E-state index in [1.54, 1.807) is 17.0 Å². The van der Waals surface area contributed by atoms with Crippen LogP contribution in [-0.2, 0) is 19.6 Å². The maximum atomic E-state index is 12.2. The van der Waals surface area contributed by atoms with Gasteiger partial charge in [-0.05, 0) is 35.6 Å². The minimum Gasteiger partial charge on any atom is -0.462 e. The molecule has 2 aromatic rings. The van der Waals surface area contributed by atoms with Crippen molar-refractivity contribution in [3.05, 3.63) is 65.7 Å². The van der Waals surface area contributed by atoms with Crippen molar-refractivity contribution in [1.82, 2.24) is 4.89 Å². The SMILES string of the molecule is CCCCOC(=O)c1ccccc1C(=O)ONS(=O)(=O)c1ccccc1. The lowest BCUT2D eigenvalue weighted by Crippen LogP contribution is -2.28. The largest absolute Gasteiger partial charge is 0.462 e. The molecule has 138 valence electrons. The molecule has 0 saturated heterocycles. The molecule has 0 aliphatic heterocycles. The van der Waals surface area contributed by atoms with E-state index in [2.05, 4.69) is 4.84 Å². The molecule has 2 aromatic carbocycles. The van der Waals surface area contributed by atoms with Gasteiger partial charge in [0.25, 0.3) is 10.0 Å². The molecule has 1 N–H and O–H groups in total. The summed E-state index contributed by atoms with van der Waals surface area (Å²) in [6.07, 6.45) is 1.56. The molecule has 0 radical (unpaired) electrons. The van der Waals surface area contributed by atoms with Gasteiger partial charge in [-0.15, -0.1) is 0 Å². The van der Waals surface area contributed by atoms with E-state index in [4.69, 9.17) is 4.74 Å². The third-order valence-corrected chi connectivity index (χ3v) is 4.59. The third-order valence-electron chi connectivity index (χ3n) is 3.40. The Morgan fingerprint density at radius 1 is 0.923 bits per heavy atom. The average molecular weight is 377 g/mol. The summed E-state index contributed by atoms with van der Waals surface area (Å²) in [4.78, 5) is 30.7. The Morgan fingerprint density at radius 3 is 2.12 bits per heavy atom. The molecule has 0 bridgehead atoms. The molecule has 0 unspecified atom stereocenters. The number of rotatable bonds is 8. The van der Waals surface area contributed by atoms with Gasteiger partial charge in [0.15, 0.2) is 0 Å². The fourth-order valence-corrected chi connectivity index (χ4v) is 2.82. The molecule has 0 aliphatic rings. The van der Waals surface area contributed by atoms with E-state index in [-0.39, 0.29) is 22.6 Å². The van der Waals surface area contributed by atoms with Crippen molar-refractivity contribution in [3.8, 4) is 0 Å². The first-order valence-electron chi connectivity index (χ1n) is 8.00. The predicted octanol–water partition coefficient (Wildman–Crippen LogP) is 2.69. The maximum Gasteiger partial charge on any atom is 0.358 e. The number of sulfonamides is 1. The van der Waals surface area contributed by atoms with Gasteiger partial charge in [0.05, 0.1) is 22.6 Å². The minimum atomic E-state index is -4.02. The minimum absolute atomic E-state index is 0.00696. The summed E-state index contributed by atoms with van der Waals surface area (Å²) in [5.74, 6) is -1.68. The topological polar surface area (TPSA) is 98.8 Å². The molecule has 2 rings (SSSR count). The maximum absolute atomic E-state index is 12.2. The van der Waals surface area contributed by atoms with Crippen LogP contribution in [0.1, 0.15) is 40.5 Å². The summed E-state index contributed by atoms with van der Waals surface area (Å²) in [6, 6.07) is 13.3. The van der Waals surface area contributed by atoms with Crippen LogP contribution >= 0.6 is 0 Å². The Labute approximate surface area is 151 Å². The highest BCUT2D eigenvalue weighted by molar-refractivity contribution is 7.89. The standard InChI is InChI=1S/C18H19NO6S/c1-2-3-13-24-17(20)15-11-7-8-12-16(15)18(21)25-19-26(22,23)14-9-5-4-6-10-14/h4-12,19H,2-3,13H2,1H3. The molecule has 8 heteroatoms. The molecular formula is C18H19NO6S. The van der Waals surface area contributed by atoms with Gasteiger partial charge in [-0.2, -0.15) is 0 Å². The molecule has 0 amide bonds. The van der Waals surface area contributed by atoms with E-state index in [1.165, 1.54) is 42.5 Å². The lowest BCUT2D eigenvalue weighted by molar-refractivity contribution is 0.0388. The van der Waals surface area contributed by atoms with Crippen LogP contribution in [0.2, 0.25) is 0 Å². The molecule has 0 fully saturated rings. The summed E-state index contributed by atoms with van der Waals surface area (Å²) in [6.45, 7) is 2.19. The van der Waals surface area contributed by atoms with Gasteiger partial charge >= 0.3 is 11.9 Å². The van der Waals surface area contributed by atoms with Crippen molar-refractivity contribution in [3.63, 3.8) is 0 Å². The number of carbonyl (C=O) groups excluding carboxylic acids is 2. The van der Waals surface area contributed by atoms with Crippen LogP contribution in [0.4, 0.5) is 0 Å². The van der Waals surface area contributed by atoms with E-state index in [0.717, 1.165) is 6.42 Å². The van der Waals surface area contributed by atoms with Gasteiger partial charge in [-0.1, -0.05) is 43.7 Å². The number of nitrogens with one attached hydrogen (secondary N) is 1. The van der Waals surface area contributed by atoms with Gasteiger partial charge in [0.1, 0.15) is 0 Å². The Kier molecular flexibility index (Phi) is 6.88. The molecular weight excluding hydrogens is 358 g/mol. The normalized spacial score (nSPS) is 11.0. The van der Waals surface area contributed by atoms with E-state index in [0.29, 0.717) is 6.42 Å². The zero-order chi connectivity index (χ0) is 19.0. The zero-order valence-electron chi connectivity index (χ0n) is 14.2. The van der Waals surface area contributed by atoms with Crippen molar-refractivity contribution >= 4 is 22.0 Å². The first kappa shape index (κ1) is 19.6. The van der Waals surface area contributed by atoms with Crippen LogP contribution in [0.3, 0.4) is 0 Å². The molecule has 26 heavy (non-hydrogen) atoms. The van der Waals surface area contributed by atoms with Gasteiger partial charge < -0.3 is 9.57 Å². The quantitative estimate of drug-likeness (QED) is 0.431. The lowest BCUT2D eigenvalue weighted by atomic mass is 10.1. The van der Waals surface area contributed by atoms with E-state index in [1.807, 2.05) is 6.92 Å². The molecule has 0 aliphatic carbocycles. The Morgan fingerprint density at radius 2 is 1.50 bits per heavy atom. The Balaban J connectivity index is 2.09. The van der Waals surface area contributed by atoms with Crippen molar-refractivity contribution in [2.24, 2.45) is 0 Å². The highest BCUT2D eigenvalue weighted by atomic mass is 32.2. The van der Waals surface area contributed by atoms with Crippen LogP contribution in [0, 0.1) is 0 Å².